The molecule has 1 aliphatic rings. The minimum atomic E-state index is 0.419. The average Bonchev–Trinajstić information content (AvgIpc) is 2.42. The maximum atomic E-state index is 4.58. The Hall–Kier alpha value is -0.410. The molecule has 0 amide bonds. The number of pyridine rings is 1. The van der Waals surface area contributed by atoms with Crippen LogP contribution < -0.4 is 5.32 Å². The Morgan fingerprint density at radius 1 is 1.29 bits per heavy atom. The Labute approximate surface area is 138 Å². The quantitative estimate of drug-likeness (QED) is 0.839. The molecule has 3 atom stereocenters. The number of hydrogen-bond donors (Lipinski definition) is 1. The van der Waals surface area contributed by atoms with E-state index in [-0.39, 0.29) is 0 Å². The van der Waals surface area contributed by atoms with Crippen LogP contribution in [-0.4, -0.2) is 17.6 Å². The van der Waals surface area contributed by atoms with Gasteiger partial charge in [0.25, 0.3) is 0 Å². The molecule has 2 rings (SSSR count). The number of halogens is 1. The van der Waals surface area contributed by atoms with Gasteiger partial charge in [-0.05, 0) is 77.5 Å². The summed E-state index contributed by atoms with van der Waals surface area (Å²) in [7, 11) is 0. The molecule has 0 spiro atoms. The molecule has 1 aromatic rings. The van der Waals surface area contributed by atoms with E-state index in [1.54, 1.807) is 0 Å². The monoisotopic (exact) mass is 352 g/mol. The van der Waals surface area contributed by atoms with Gasteiger partial charge in [0.2, 0.25) is 0 Å². The van der Waals surface area contributed by atoms with Gasteiger partial charge in [-0.2, -0.15) is 0 Å². The molecule has 3 unspecified atom stereocenters. The molecule has 1 saturated carbocycles. The van der Waals surface area contributed by atoms with E-state index in [0.29, 0.717) is 17.4 Å². The Kier molecular flexibility index (Phi) is 5.84. The van der Waals surface area contributed by atoms with Crippen molar-refractivity contribution in [2.45, 2.75) is 59.4 Å². The highest BCUT2D eigenvalue weighted by Crippen LogP contribution is 2.41. The van der Waals surface area contributed by atoms with Gasteiger partial charge in [0.05, 0.1) is 0 Å². The van der Waals surface area contributed by atoms with Crippen molar-refractivity contribution >= 4 is 15.9 Å². The molecule has 0 radical (unpaired) electrons. The summed E-state index contributed by atoms with van der Waals surface area (Å²) in [6.45, 7) is 10.4. The first kappa shape index (κ1) is 17.0. The van der Waals surface area contributed by atoms with Crippen molar-refractivity contribution in [1.82, 2.24) is 10.3 Å². The van der Waals surface area contributed by atoms with E-state index < -0.39 is 0 Å². The van der Waals surface area contributed by atoms with E-state index >= 15 is 0 Å². The normalized spacial score (nSPS) is 26.8. The third kappa shape index (κ3) is 4.79. The lowest BCUT2D eigenvalue weighted by atomic mass is 9.66. The van der Waals surface area contributed by atoms with Crippen LogP contribution in [0.25, 0.3) is 0 Å². The standard InChI is InChI=1S/C18H29BrN2/c1-5-20-17-9-6-14(18(2,3)4)10-13(17)11-16-8-7-15(19)12-21-16/h7-8,12-14,17,20H,5-6,9-11H2,1-4H3. The Bertz CT molecular complexity index is 436. The Morgan fingerprint density at radius 2 is 2.05 bits per heavy atom. The van der Waals surface area contributed by atoms with Crippen LogP contribution in [0.1, 0.15) is 52.7 Å². The molecule has 1 N–H and O–H groups in total. The summed E-state index contributed by atoms with van der Waals surface area (Å²) in [6.07, 6.45) is 6.99. The second kappa shape index (κ2) is 7.23. The molecule has 2 nitrogen and oxygen atoms in total. The third-order valence-corrected chi connectivity index (χ3v) is 5.40. The van der Waals surface area contributed by atoms with Crippen LogP contribution in [0.3, 0.4) is 0 Å². The molecule has 0 aromatic carbocycles. The van der Waals surface area contributed by atoms with Gasteiger partial charge in [0.15, 0.2) is 0 Å². The second-order valence-corrected chi connectivity index (χ2v) is 8.39. The minimum Gasteiger partial charge on any atom is -0.314 e. The largest absolute Gasteiger partial charge is 0.314 e. The molecule has 1 heterocycles. The van der Waals surface area contributed by atoms with Gasteiger partial charge in [-0.3, -0.25) is 4.98 Å². The number of rotatable bonds is 4. The fraction of sp³-hybridized carbons (Fsp3) is 0.722. The summed E-state index contributed by atoms with van der Waals surface area (Å²) in [5.41, 5.74) is 1.64. The van der Waals surface area contributed by atoms with Gasteiger partial charge < -0.3 is 5.32 Å². The Balaban J connectivity index is 2.08. The van der Waals surface area contributed by atoms with Gasteiger partial charge in [0.1, 0.15) is 0 Å². The molecule has 0 aliphatic heterocycles. The first-order chi connectivity index (χ1) is 9.90. The van der Waals surface area contributed by atoms with Crippen LogP contribution in [0.4, 0.5) is 0 Å². The van der Waals surface area contributed by atoms with Crippen LogP contribution in [0.5, 0.6) is 0 Å². The molecule has 0 saturated heterocycles. The number of nitrogens with zero attached hydrogens (tertiary/aromatic N) is 1. The van der Waals surface area contributed by atoms with Crippen LogP contribution >= 0.6 is 15.9 Å². The van der Waals surface area contributed by atoms with Gasteiger partial charge in [-0.1, -0.05) is 27.7 Å². The van der Waals surface area contributed by atoms with E-state index in [4.69, 9.17) is 0 Å². The van der Waals surface area contributed by atoms with E-state index in [1.807, 2.05) is 6.20 Å². The van der Waals surface area contributed by atoms with Gasteiger partial charge in [0, 0.05) is 22.4 Å². The van der Waals surface area contributed by atoms with Crippen LogP contribution in [0.15, 0.2) is 22.8 Å². The molecule has 0 bridgehead atoms. The highest BCUT2D eigenvalue weighted by molar-refractivity contribution is 9.10. The second-order valence-electron chi connectivity index (χ2n) is 7.47. The number of aromatic nitrogens is 1. The molecular formula is C18H29BrN2. The van der Waals surface area contributed by atoms with Crippen molar-refractivity contribution < 1.29 is 0 Å². The predicted octanol–water partition coefficient (Wildman–Crippen LogP) is 4.83. The van der Waals surface area contributed by atoms with Crippen molar-refractivity contribution in [1.29, 1.82) is 0 Å². The van der Waals surface area contributed by atoms with E-state index in [9.17, 15) is 0 Å². The van der Waals surface area contributed by atoms with Crippen molar-refractivity contribution in [2.24, 2.45) is 17.3 Å². The van der Waals surface area contributed by atoms with Crippen molar-refractivity contribution in [3.63, 3.8) is 0 Å². The van der Waals surface area contributed by atoms with E-state index in [1.165, 1.54) is 25.0 Å². The van der Waals surface area contributed by atoms with Crippen LogP contribution in [-0.2, 0) is 6.42 Å². The smallest absolute Gasteiger partial charge is 0.0413 e. The summed E-state index contributed by atoms with van der Waals surface area (Å²) in [5.74, 6) is 1.53. The summed E-state index contributed by atoms with van der Waals surface area (Å²) in [4.78, 5) is 4.58. The summed E-state index contributed by atoms with van der Waals surface area (Å²) in [5, 5.41) is 3.70. The first-order valence-electron chi connectivity index (χ1n) is 8.24. The summed E-state index contributed by atoms with van der Waals surface area (Å²) in [6, 6.07) is 4.92. The van der Waals surface area contributed by atoms with Gasteiger partial charge in [-0.25, -0.2) is 0 Å². The van der Waals surface area contributed by atoms with Crippen LogP contribution in [0.2, 0.25) is 0 Å². The first-order valence-corrected chi connectivity index (χ1v) is 9.03. The fourth-order valence-corrected chi connectivity index (χ4v) is 3.84. The van der Waals surface area contributed by atoms with Gasteiger partial charge in [-0.15, -0.1) is 0 Å². The minimum absolute atomic E-state index is 0.419. The van der Waals surface area contributed by atoms with E-state index in [0.717, 1.165) is 23.4 Å². The molecule has 118 valence electrons. The third-order valence-electron chi connectivity index (χ3n) is 4.93. The van der Waals surface area contributed by atoms with Gasteiger partial charge >= 0.3 is 0 Å². The average molecular weight is 353 g/mol. The molecule has 1 aromatic heterocycles. The van der Waals surface area contributed by atoms with Crippen molar-refractivity contribution in [2.75, 3.05) is 6.54 Å². The van der Waals surface area contributed by atoms with Crippen molar-refractivity contribution in [3.05, 3.63) is 28.5 Å². The Morgan fingerprint density at radius 3 is 2.62 bits per heavy atom. The zero-order valence-corrected chi connectivity index (χ0v) is 15.4. The maximum Gasteiger partial charge on any atom is 0.0413 e. The lowest BCUT2D eigenvalue weighted by molar-refractivity contribution is 0.114. The number of nitrogens with one attached hydrogen (secondary N) is 1. The summed E-state index contributed by atoms with van der Waals surface area (Å²) >= 11 is 3.47. The topological polar surface area (TPSA) is 24.9 Å². The predicted molar refractivity (Wildman–Crippen MR) is 93.4 cm³/mol. The lowest BCUT2D eigenvalue weighted by Gasteiger charge is -2.42. The maximum absolute atomic E-state index is 4.58. The summed E-state index contributed by atoms with van der Waals surface area (Å²) < 4.78 is 1.06. The highest BCUT2D eigenvalue weighted by Gasteiger charge is 2.35. The zero-order valence-electron chi connectivity index (χ0n) is 13.8. The molecule has 3 heteroatoms. The molecule has 1 fully saturated rings. The van der Waals surface area contributed by atoms with E-state index in [2.05, 4.69) is 66.1 Å². The molecular weight excluding hydrogens is 324 g/mol. The molecule has 1 aliphatic carbocycles. The lowest BCUT2D eigenvalue weighted by Crippen LogP contribution is -2.43. The zero-order chi connectivity index (χ0) is 15.5. The fourth-order valence-electron chi connectivity index (χ4n) is 3.60. The highest BCUT2D eigenvalue weighted by atomic mass is 79.9. The number of hydrogen-bond acceptors (Lipinski definition) is 2. The van der Waals surface area contributed by atoms with Crippen molar-refractivity contribution in [3.8, 4) is 0 Å². The SMILES string of the molecule is CCNC1CCC(C(C)(C)C)CC1Cc1ccc(Br)cn1. The molecule has 21 heavy (non-hydrogen) atoms. The van der Waals surface area contributed by atoms with Crippen LogP contribution in [0, 0.1) is 17.3 Å².